The molecular formula is C16H26ClNO. The summed E-state index contributed by atoms with van der Waals surface area (Å²) in [6.45, 7) is 9.49. The topological polar surface area (TPSA) is 21.3 Å². The van der Waals surface area contributed by atoms with Crippen LogP contribution in [0.15, 0.2) is 18.2 Å². The van der Waals surface area contributed by atoms with Gasteiger partial charge in [-0.05, 0) is 43.0 Å². The molecule has 0 saturated heterocycles. The molecule has 0 fully saturated rings. The summed E-state index contributed by atoms with van der Waals surface area (Å²) in [4.78, 5) is 0. The highest BCUT2D eigenvalue weighted by molar-refractivity contribution is 6.31. The summed E-state index contributed by atoms with van der Waals surface area (Å²) in [6.07, 6.45) is 1.08. The third-order valence-corrected chi connectivity index (χ3v) is 3.79. The minimum Gasteiger partial charge on any atom is -0.380 e. The van der Waals surface area contributed by atoms with Gasteiger partial charge in [-0.3, -0.25) is 0 Å². The van der Waals surface area contributed by atoms with E-state index in [0.717, 1.165) is 18.0 Å². The van der Waals surface area contributed by atoms with Crippen LogP contribution in [0.2, 0.25) is 5.02 Å². The molecule has 19 heavy (non-hydrogen) atoms. The van der Waals surface area contributed by atoms with Gasteiger partial charge in [-0.2, -0.15) is 0 Å². The first-order valence-corrected chi connectivity index (χ1v) is 7.38. The van der Waals surface area contributed by atoms with E-state index < -0.39 is 0 Å². The van der Waals surface area contributed by atoms with Crippen LogP contribution in [0.4, 0.5) is 0 Å². The van der Waals surface area contributed by atoms with Crippen LogP contribution >= 0.6 is 11.6 Å². The third kappa shape index (κ3) is 4.79. The van der Waals surface area contributed by atoms with Crippen molar-refractivity contribution >= 4 is 11.6 Å². The van der Waals surface area contributed by atoms with Gasteiger partial charge in [0.2, 0.25) is 0 Å². The number of aryl methyl sites for hydroxylation is 1. The van der Waals surface area contributed by atoms with Gasteiger partial charge in [-0.1, -0.05) is 44.5 Å². The van der Waals surface area contributed by atoms with Gasteiger partial charge >= 0.3 is 0 Å². The van der Waals surface area contributed by atoms with Crippen molar-refractivity contribution in [3.05, 3.63) is 34.3 Å². The fourth-order valence-corrected chi connectivity index (χ4v) is 2.83. The largest absolute Gasteiger partial charge is 0.380 e. The first-order valence-electron chi connectivity index (χ1n) is 7.00. The van der Waals surface area contributed by atoms with Crippen LogP contribution in [0, 0.1) is 12.8 Å². The summed E-state index contributed by atoms with van der Waals surface area (Å²) in [7, 11) is 1.78. The van der Waals surface area contributed by atoms with Gasteiger partial charge in [0.05, 0.1) is 6.10 Å². The number of hydrogen-bond donors (Lipinski definition) is 1. The van der Waals surface area contributed by atoms with Crippen molar-refractivity contribution in [2.75, 3.05) is 13.7 Å². The molecule has 3 heteroatoms. The number of ether oxygens (including phenoxy) is 1. The first-order chi connectivity index (χ1) is 8.99. The highest BCUT2D eigenvalue weighted by Crippen LogP contribution is 2.22. The molecule has 2 atom stereocenters. The fraction of sp³-hybridized carbons (Fsp3) is 0.625. The maximum atomic E-state index is 6.33. The van der Waals surface area contributed by atoms with E-state index in [1.54, 1.807) is 7.11 Å². The monoisotopic (exact) mass is 283 g/mol. The maximum Gasteiger partial charge on any atom is 0.0750 e. The highest BCUT2D eigenvalue weighted by Gasteiger charge is 2.24. The van der Waals surface area contributed by atoms with Crippen molar-refractivity contribution in [3.8, 4) is 0 Å². The van der Waals surface area contributed by atoms with Gasteiger partial charge in [0.15, 0.2) is 0 Å². The maximum absolute atomic E-state index is 6.33. The van der Waals surface area contributed by atoms with Crippen LogP contribution in [0.1, 0.15) is 31.9 Å². The van der Waals surface area contributed by atoms with Crippen LogP contribution in [-0.2, 0) is 11.2 Å². The number of hydrogen-bond acceptors (Lipinski definition) is 2. The number of nitrogens with one attached hydrogen (secondary N) is 1. The Hall–Kier alpha value is -0.570. The normalized spacial score (nSPS) is 14.7. The van der Waals surface area contributed by atoms with Crippen LogP contribution in [0.3, 0.4) is 0 Å². The minimum atomic E-state index is 0.192. The van der Waals surface area contributed by atoms with Crippen molar-refractivity contribution in [3.63, 3.8) is 0 Å². The SMILES string of the molecule is CCNC(Cc1ccc(C)cc1Cl)C(OC)C(C)C. The van der Waals surface area contributed by atoms with Crippen molar-refractivity contribution in [2.45, 2.75) is 46.3 Å². The third-order valence-electron chi connectivity index (χ3n) is 3.44. The second-order valence-electron chi connectivity index (χ2n) is 5.41. The fourth-order valence-electron chi connectivity index (χ4n) is 2.52. The summed E-state index contributed by atoms with van der Waals surface area (Å²) < 4.78 is 5.66. The molecule has 2 nitrogen and oxygen atoms in total. The smallest absolute Gasteiger partial charge is 0.0750 e. The zero-order valence-corrected chi connectivity index (χ0v) is 13.4. The Morgan fingerprint density at radius 3 is 2.47 bits per heavy atom. The molecule has 0 radical (unpaired) electrons. The van der Waals surface area contributed by atoms with Gasteiger partial charge in [0, 0.05) is 18.2 Å². The van der Waals surface area contributed by atoms with Gasteiger partial charge in [0.1, 0.15) is 0 Å². The van der Waals surface area contributed by atoms with Crippen molar-refractivity contribution < 1.29 is 4.74 Å². The van der Waals surface area contributed by atoms with E-state index in [-0.39, 0.29) is 12.1 Å². The second kappa shape index (κ2) is 7.88. The molecule has 0 aliphatic rings. The number of methoxy groups -OCH3 is 1. The zero-order chi connectivity index (χ0) is 14.4. The Bertz CT molecular complexity index is 392. The molecule has 1 aromatic carbocycles. The number of rotatable bonds is 7. The first kappa shape index (κ1) is 16.5. The lowest BCUT2D eigenvalue weighted by atomic mass is 9.93. The Kier molecular flexibility index (Phi) is 6.84. The molecule has 0 heterocycles. The van der Waals surface area contributed by atoms with Crippen LogP contribution < -0.4 is 5.32 Å². The molecule has 1 N–H and O–H groups in total. The summed E-state index contributed by atoms with van der Waals surface area (Å²) in [5, 5.41) is 4.37. The van der Waals surface area contributed by atoms with Gasteiger partial charge in [-0.15, -0.1) is 0 Å². The minimum absolute atomic E-state index is 0.192. The van der Waals surface area contributed by atoms with E-state index in [4.69, 9.17) is 16.3 Å². The van der Waals surface area contributed by atoms with E-state index in [9.17, 15) is 0 Å². The van der Waals surface area contributed by atoms with Crippen LogP contribution in [0.5, 0.6) is 0 Å². The number of likely N-dealkylation sites (N-methyl/N-ethyl adjacent to an activating group) is 1. The summed E-state index contributed by atoms with van der Waals surface area (Å²) in [5.41, 5.74) is 2.38. The Morgan fingerprint density at radius 2 is 2.00 bits per heavy atom. The molecule has 0 aliphatic heterocycles. The van der Waals surface area contributed by atoms with Crippen LogP contribution in [0.25, 0.3) is 0 Å². The number of benzene rings is 1. The van der Waals surface area contributed by atoms with Crippen LogP contribution in [-0.4, -0.2) is 25.8 Å². The molecule has 1 aromatic rings. The molecule has 0 amide bonds. The molecule has 0 aliphatic carbocycles. The van der Waals surface area contributed by atoms with E-state index in [1.165, 1.54) is 11.1 Å². The average Bonchev–Trinajstić information content (AvgIpc) is 2.33. The van der Waals surface area contributed by atoms with Crippen molar-refractivity contribution in [2.24, 2.45) is 5.92 Å². The second-order valence-corrected chi connectivity index (χ2v) is 5.81. The molecular weight excluding hydrogens is 258 g/mol. The lowest BCUT2D eigenvalue weighted by Crippen LogP contribution is -2.45. The predicted molar refractivity (Wildman–Crippen MR) is 83.0 cm³/mol. The lowest BCUT2D eigenvalue weighted by molar-refractivity contribution is 0.0337. The quantitative estimate of drug-likeness (QED) is 0.821. The Balaban J connectivity index is 2.88. The molecule has 0 saturated carbocycles. The lowest BCUT2D eigenvalue weighted by Gasteiger charge is -2.30. The molecule has 0 spiro atoms. The van der Waals surface area contributed by atoms with E-state index in [2.05, 4.69) is 45.1 Å². The Labute approximate surface area is 122 Å². The van der Waals surface area contributed by atoms with Gasteiger partial charge in [-0.25, -0.2) is 0 Å². The highest BCUT2D eigenvalue weighted by atomic mass is 35.5. The van der Waals surface area contributed by atoms with E-state index in [1.807, 2.05) is 6.07 Å². The van der Waals surface area contributed by atoms with E-state index in [0.29, 0.717) is 5.92 Å². The zero-order valence-electron chi connectivity index (χ0n) is 12.7. The number of halogens is 1. The molecule has 0 bridgehead atoms. The summed E-state index contributed by atoms with van der Waals surface area (Å²) in [5.74, 6) is 0.471. The van der Waals surface area contributed by atoms with Gasteiger partial charge in [0.25, 0.3) is 0 Å². The Morgan fingerprint density at radius 1 is 1.32 bits per heavy atom. The van der Waals surface area contributed by atoms with Crippen molar-refractivity contribution in [1.29, 1.82) is 0 Å². The average molecular weight is 284 g/mol. The molecule has 108 valence electrons. The molecule has 1 rings (SSSR count). The predicted octanol–water partition coefficient (Wildman–Crippen LogP) is 3.84. The summed E-state index contributed by atoms with van der Waals surface area (Å²) in [6, 6.07) is 6.54. The van der Waals surface area contributed by atoms with Crippen molar-refractivity contribution in [1.82, 2.24) is 5.32 Å². The van der Waals surface area contributed by atoms with Gasteiger partial charge < -0.3 is 10.1 Å². The molecule has 2 unspecified atom stereocenters. The standard InChI is InChI=1S/C16H26ClNO/c1-6-18-15(16(19-5)11(2)3)10-13-8-7-12(4)9-14(13)17/h7-9,11,15-16,18H,6,10H2,1-5H3. The molecule has 0 aromatic heterocycles. The summed E-state index contributed by atoms with van der Waals surface area (Å²) >= 11 is 6.33. The van der Waals surface area contributed by atoms with E-state index >= 15 is 0 Å².